The van der Waals surface area contributed by atoms with Gasteiger partial charge in [-0.15, -0.1) is 0 Å². The zero-order chi connectivity index (χ0) is 18.6. The van der Waals surface area contributed by atoms with Crippen molar-refractivity contribution in [1.29, 1.82) is 0 Å². The van der Waals surface area contributed by atoms with E-state index < -0.39 is 28.4 Å². The summed E-state index contributed by atoms with van der Waals surface area (Å²) in [6.07, 6.45) is 1.01. The number of amides is 1. The summed E-state index contributed by atoms with van der Waals surface area (Å²) >= 11 is 0. The molecule has 0 saturated carbocycles. The molecule has 0 heterocycles. The van der Waals surface area contributed by atoms with Gasteiger partial charge in [0.1, 0.15) is 6.54 Å². The molecule has 0 radical (unpaired) electrons. The van der Waals surface area contributed by atoms with Gasteiger partial charge < -0.3 is 10.4 Å². The standard InChI is InChI=1S/C17H18N2O5S/c1-12-6-5-7-13(10-12)19(25(2,23)24)11-16(20)18-15-9-4-3-8-14(15)17(21)22/h3-10H,11H2,1-2H3,(H,18,20)(H,21,22). The molecule has 0 spiro atoms. The number of nitrogens with zero attached hydrogens (tertiary/aromatic N) is 1. The first kappa shape index (κ1) is 18.5. The smallest absolute Gasteiger partial charge is 0.337 e. The number of rotatable bonds is 6. The highest BCUT2D eigenvalue weighted by molar-refractivity contribution is 7.92. The van der Waals surface area contributed by atoms with E-state index in [-0.39, 0.29) is 11.3 Å². The van der Waals surface area contributed by atoms with Crippen LogP contribution in [0.2, 0.25) is 0 Å². The van der Waals surface area contributed by atoms with Gasteiger partial charge in [0.15, 0.2) is 0 Å². The Hall–Kier alpha value is -2.87. The molecule has 2 aromatic rings. The molecule has 2 aromatic carbocycles. The molecule has 1 amide bonds. The largest absolute Gasteiger partial charge is 0.478 e. The first-order valence-electron chi connectivity index (χ1n) is 7.35. The fraction of sp³-hybridized carbons (Fsp3) is 0.176. The lowest BCUT2D eigenvalue weighted by atomic mass is 10.2. The molecule has 2 N–H and O–H groups in total. The third-order valence-electron chi connectivity index (χ3n) is 3.41. The van der Waals surface area contributed by atoms with Crippen molar-refractivity contribution in [2.24, 2.45) is 0 Å². The lowest BCUT2D eigenvalue weighted by Crippen LogP contribution is -2.37. The van der Waals surface area contributed by atoms with E-state index in [0.29, 0.717) is 5.69 Å². The van der Waals surface area contributed by atoms with Crippen LogP contribution >= 0.6 is 0 Å². The molecule has 0 saturated heterocycles. The molecule has 0 aliphatic carbocycles. The monoisotopic (exact) mass is 362 g/mol. The molecule has 7 nitrogen and oxygen atoms in total. The molecule has 0 aliphatic rings. The number of aryl methyl sites for hydroxylation is 1. The van der Waals surface area contributed by atoms with Crippen LogP contribution in [-0.4, -0.2) is 38.2 Å². The van der Waals surface area contributed by atoms with Crippen molar-refractivity contribution in [3.05, 3.63) is 59.7 Å². The minimum absolute atomic E-state index is 0.0719. The number of nitrogens with one attached hydrogen (secondary N) is 1. The Labute approximate surface area is 146 Å². The van der Waals surface area contributed by atoms with Crippen LogP contribution < -0.4 is 9.62 Å². The number of carbonyl (C=O) groups excluding carboxylic acids is 1. The Morgan fingerprint density at radius 3 is 2.40 bits per heavy atom. The number of para-hydroxylation sites is 1. The first-order chi connectivity index (χ1) is 11.7. The Bertz CT molecular complexity index is 909. The molecule has 2 rings (SSSR count). The van der Waals surface area contributed by atoms with E-state index >= 15 is 0 Å². The van der Waals surface area contributed by atoms with Gasteiger partial charge in [-0.2, -0.15) is 0 Å². The normalized spacial score (nSPS) is 11.0. The number of hydrogen-bond donors (Lipinski definition) is 2. The van der Waals surface area contributed by atoms with Crippen molar-refractivity contribution >= 4 is 33.3 Å². The van der Waals surface area contributed by atoms with Crippen LogP contribution in [-0.2, 0) is 14.8 Å². The van der Waals surface area contributed by atoms with Crippen molar-refractivity contribution in [1.82, 2.24) is 0 Å². The Morgan fingerprint density at radius 1 is 1.12 bits per heavy atom. The molecular weight excluding hydrogens is 344 g/mol. The van der Waals surface area contributed by atoms with Crippen molar-refractivity contribution in [3.63, 3.8) is 0 Å². The summed E-state index contributed by atoms with van der Waals surface area (Å²) in [6.45, 7) is 1.35. The summed E-state index contributed by atoms with van der Waals surface area (Å²) < 4.78 is 25.1. The lowest BCUT2D eigenvalue weighted by molar-refractivity contribution is -0.114. The van der Waals surface area contributed by atoms with E-state index in [1.807, 2.05) is 13.0 Å². The minimum Gasteiger partial charge on any atom is -0.478 e. The van der Waals surface area contributed by atoms with Gasteiger partial charge in [-0.05, 0) is 36.8 Å². The highest BCUT2D eigenvalue weighted by Gasteiger charge is 2.22. The summed E-state index contributed by atoms with van der Waals surface area (Å²) in [5.74, 6) is -1.82. The topological polar surface area (TPSA) is 104 Å². The van der Waals surface area contributed by atoms with Gasteiger partial charge >= 0.3 is 5.97 Å². The molecule has 25 heavy (non-hydrogen) atoms. The summed E-state index contributed by atoms with van der Waals surface area (Å²) in [7, 11) is -3.69. The van der Waals surface area contributed by atoms with E-state index in [4.69, 9.17) is 5.11 Å². The van der Waals surface area contributed by atoms with Gasteiger partial charge in [0.25, 0.3) is 0 Å². The second-order valence-electron chi connectivity index (χ2n) is 5.51. The van der Waals surface area contributed by atoms with Crippen LogP contribution in [0.5, 0.6) is 0 Å². The maximum atomic E-state index is 12.3. The van der Waals surface area contributed by atoms with Crippen molar-refractivity contribution < 1.29 is 23.1 Å². The minimum atomic E-state index is -3.69. The Morgan fingerprint density at radius 2 is 1.80 bits per heavy atom. The highest BCUT2D eigenvalue weighted by atomic mass is 32.2. The van der Waals surface area contributed by atoms with E-state index in [2.05, 4.69) is 5.32 Å². The molecule has 0 unspecified atom stereocenters. The number of benzene rings is 2. The van der Waals surface area contributed by atoms with E-state index in [0.717, 1.165) is 16.1 Å². The molecule has 0 atom stereocenters. The Balaban J connectivity index is 2.26. The zero-order valence-electron chi connectivity index (χ0n) is 13.8. The van der Waals surface area contributed by atoms with Gasteiger partial charge in [0.2, 0.25) is 15.9 Å². The molecule has 0 bridgehead atoms. The summed E-state index contributed by atoms with van der Waals surface area (Å²) in [5, 5.41) is 11.6. The molecular formula is C17H18N2O5S. The van der Waals surface area contributed by atoms with Crippen LogP contribution in [0.3, 0.4) is 0 Å². The third kappa shape index (κ3) is 4.80. The fourth-order valence-corrected chi connectivity index (χ4v) is 3.13. The maximum Gasteiger partial charge on any atom is 0.337 e. The first-order valence-corrected chi connectivity index (χ1v) is 9.20. The van der Waals surface area contributed by atoms with E-state index in [1.165, 1.54) is 18.2 Å². The summed E-state index contributed by atoms with van der Waals surface area (Å²) in [4.78, 5) is 23.5. The van der Waals surface area contributed by atoms with Crippen LogP contribution in [0.15, 0.2) is 48.5 Å². The van der Waals surface area contributed by atoms with Crippen LogP contribution in [0.4, 0.5) is 11.4 Å². The van der Waals surface area contributed by atoms with Crippen LogP contribution in [0, 0.1) is 6.92 Å². The SMILES string of the molecule is Cc1cccc(N(CC(=O)Nc2ccccc2C(=O)O)S(C)(=O)=O)c1. The fourth-order valence-electron chi connectivity index (χ4n) is 2.28. The number of anilines is 2. The highest BCUT2D eigenvalue weighted by Crippen LogP contribution is 2.20. The number of hydrogen-bond acceptors (Lipinski definition) is 4. The van der Waals surface area contributed by atoms with Crippen LogP contribution in [0.25, 0.3) is 0 Å². The third-order valence-corrected chi connectivity index (χ3v) is 4.55. The quantitative estimate of drug-likeness (QED) is 0.819. The maximum absolute atomic E-state index is 12.3. The predicted octanol–water partition coefficient (Wildman–Crippen LogP) is 2.10. The molecule has 132 valence electrons. The van der Waals surface area contributed by atoms with E-state index in [9.17, 15) is 18.0 Å². The van der Waals surface area contributed by atoms with Crippen LogP contribution in [0.1, 0.15) is 15.9 Å². The molecule has 0 aromatic heterocycles. The van der Waals surface area contributed by atoms with Crippen molar-refractivity contribution in [2.45, 2.75) is 6.92 Å². The average molecular weight is 362 g/mol. The van der Waals surface area contributed by atoms with Gasteiger partial charge in [-0.3, -0.25) is 9.10 Å². The lowest BCUT2D eigenvalue weighted by Gasteiger charge is -2.22. The molecule has 0 aliphatic heterocycles. The second kappa shape index (κ2) is 7.35. The molecule has 0 fully saturated rings. The second-order valence-corrected chi connectivity index (χ2v) is 7.41. The van der Waals surface area contributed by atoms with Gasteiger partial charge in [0, 0.05) is 0 Å². The number of aromatic carboxylic acids is 1. The number of carboxylic acids is 1. The zero-order valence-corrected chi connectivity index (χ0v) is 14.6. The van der Waals surface area contributed by atoms with Gasteiger partial charge in [0.05, 0.1) is 23.2 Å². The summed E-state index contributed by atoms with van der Waals surface area (Å²) in [5.41, 5.74) is 1.25. The summed E-state index contributed by atoms with van der Waals surface area (Å²) in [6, 6.07) is 12.7. The van der Waals surface area contributed by atoms with Gasteiger partial charge in [-0.25, -0.2) is 13.2 Å². The number of sulfonamides is 1. The average Bonchev–Trinajstić information content (AvgIpc) is 2.52. The number of carboxylic acid groups (broad SMARTS) is 1. The van der Waals surface area contributed by atoms with Crippen molar-refractivity contribution in [3.8, 4) is 0 Å². The van der Waals surface area contributed by atoms with Crippen molar-refractivity contribution in [2.75, 3.05) is 22.4 Å². The molecule has 8 heteroatoms. The Kier molecular flexibility index (Phi) is 5.43. The number of carbonyl (C=O) groups is 2. The van der Waals surface area contributed by atoms with Gasteiger partial charge in [-0.1, -0.05) is 24.3 Å². The predicted molar refractivity (Wildman–Crippen MR) is 95.4 cm³/mol. The van der Waals surface area contributed by atoms with E-state index in [1.54, 1.807) is 24.3 Å².